The van der Waals surface area contributed by atoms with Gasteiger partial charge in [-0.15, -0.1) is 0 Å². The maximum absolute atomic E-state index is 12.1. The minimum atomic E-state index is -0.269. The number of carbonyl (C=O) groups is 1. The number of carbonyl (C=O) groups excluding carboxylic acids is 1. The van der Waals surface area contributed by atoms with Gasteiger partial charge in [-0.1, -0.05) is 30.3 Å². The van der Waals surface area contributed by atoms with E-state index in [0.717, 1.165) is 11.4 Å². The number of amides is 1. The first-order valence-corrected chi connectivity index (χ1v) is 5.21. The van der Waals surface area contributed by atoms with Gasteiger partial charge in [0.25, 0.3) is 5.91 Å². The minimum absolute atomic E-state index is 0.0867. The molecule has 2 aliphatic rings. The normalized spacial score (nSPS) is 22.8. The molecule has 4 heteroatoms. The molecule has 1 aromatic carbocycles. The second kappa shape index (κ2) is 3.48. The fourth-order valence-corrected chi connectivity index (χ4v) is 1.98. The Hall–Kier alpha value is -2.10. The molecule has 0 saturated carbocycles. The molecule has 4 nitrogen and oxygen atoms in total. The Kier molecular flexibility index (Phi) is 1.99. The van der Waals surface area contributed by atoms with Gasteiger partial charge in [0.15, 0.2) is 0 Å². The molecule has 0 spiro atoms. The Morgan fingerprint density at radius 2 is 2.12 bits per heavy atom. The third-order valence-electron chi connectivity index (χ3n) is 2.80. The number of hydrogen-bond donors (Lipinski definition) is 1. The lowest BCUT2D eigenvalue weighted by atomic mass is 10.1. The van der Waals surface area contributed by atoms with Gasteiger partial charge in [-0.25, -0.2) is 0 Å². The second-order valence-electron chi connectivity index (χ2n) is 3.78. The van der Waals surface area contributed by atoms with Crippen molar-refractivity contribution in [2.24, 2.45) is 4.99 Å². The Morgan fingerprint density at radius 1 is 1.31 bits per heavy atom. The van der Waals surface area contributed by atoms with Gasteiger partial charge in [-0.2, -0.15) is 0 Å². The zero-order chi connectivity index (χ0) is 11.0. The lowest BCUT2D eigenvalue weighted by Gasteiger charge is -2.15. The summed E-state index contributed by atoms with van der Waals surface area (Å²) in [5.41, 5.74) is 0.989. The van der Waals surface area contributed by atoms with Crippen molar-refractivity contribution >= 4 is 12.1 Å². The average Bonchev–Trinajstić information content (AvgIpc) is 2.69. The van der Waals surface area contributed by atoms with Crippen molar-refractivity contribution in [2.45, 2.75) is 6.04 Å². The molecule has 2 aliphatic heterocycles. The number of nitrogens with one attached hydrogen (secondary N) is 1. The van der Waals surface area contributed by atoms with Crippen molar-refractivity contribution in [3.05, 3.63) is 47.9 Å². The fourth-order valence-electron chi connectivity index (χ4n) is 1.98. The average molecular weight is 213 g/mol. The van der Waals surface area contributed by atoms with E-state index in [-0.39, 0.29) is 11.9 Å². The monoisotopic (exact) mass is 213 g/mol. The van der Waals surface area contributed by atoms with Crippen molar-refractivity contribution < 1.29 is 4.79 Å². The van der Waals surface area contributed by atoms with Gasteiger partial charge < -0.3 is 5.32 Å². The van der Waals surface area contributed by atoms with E-state index >= 15 is 0 Å². The van der Waals surface area contributed by atoms with Gasteiger partial charge in [0, 0.05) is 6.21 Å². The van der Waals surface area contributed by atoms with Crippen LogP contribution in [0.4, 0.5) is 0 Å². The van der Waals surface area contributed by atoms with Crippen LogP contribution in [-0.2, 0) is 4.79 Å². The number of benzene rings is 1. The van der Waals surface area contributed by atoms with Gasteiger partial charge in [0.2, 0.25) is 0 Å². The molecule has 2 heterocycles. The summed E-state index contributed by atoms with van der Waals surface area (Å²) in [5, 5.41) is 3.18. The van der Waals surface area contributed by atoms with Gasteiger partial charge >= 0.3 is 0 Å². The number of hydrogen-bond acceptors (Lipinski definition) is 3. The Labute approximate surface area is 93.3 Å². The van der Waals surface area contributed by atoms with Crippen LogP contribution in [0.2, 0.25) is 0 Å². The summed E-state index contributed by atoms with van der Waals surface area (Å²) in [6.45, 7) is 0.557. The van der Waals surface area contributed by atoms with Crippen LogP contribution in [0.5, 0.6) is 0 Å². The van der Waals surface area contributed by atoms with Crippen LogP contribution in [0.3, 0.4) is 0 Å². The number of aliphatic imine (C=N–C) groups is 1. The van der Waals surface area contributed by atoms with Crippen LogP contribution in [0, 0.1) is 0 Å². The molecule has 0 aromatic heterocycles. The summed E-state index contributed by atoms with van der Waals surface area (Å²) in [6.07, 6.45) is 3.42. The van der Waals surface area contributed by atoms with Crippen molar-refractivity contribution in [1.82, 2.24) is 10.2 Å². The number of fused-ring (bicyclic) bond motifs is 1. The standard InChI is InChI=1S/C12H11N3O/c16-12-11(9-4-2-1-3-5-9)14-10-8-13-6-7-15(10)12/h1-6,8,11,14H,7H2. The highest BCUT2D eigenvalue weighted by atomic mass is 16.2. The van der Waals surface area contributed by atoms with E-state index < -0.39 is 0 Å². The van der Waals surface area contributed by atoms with Gasteiger partial charge in [-0.3, -0.25) is 14.7 Å². The van der Waals surface area contributed by atoms with E-state index in [1.807, 2.05) is 30.3 Å². The largest absolute Gasteiger partial charge is 0.355 e. The third-order valence-corrected chi connectivity index (χ3v) is 2.80. The Morgan fingerprint density at radius 3 is 2.88 bits per heavy atom. The first-order valence-electron chi connectivity index (χ1n) is 5.21. The second-order valence-corrected chi connectivity index (χ2v) is 3.78. The molecule has 1 saturated heterocycles. The van der Waals surface area contributed by atoms with Gasteiger partial charge in [0.1, 0.15) is 11.9 Å². The van der Waals surface area contributed by atoms with Crippen LogP contribution >= 0.6 is 0 Å². The quantitative estimate of drug-likeness (QED) is 0.757. The fraction of sp³-hybridized carbons (Fsp3) is 0.167. The zero-order valence-electron chi connectivity index (χ0n) is 8.63. The van der Waals surface area contributed by atoms with Gasteiger partial charge in [0.05, 0.1) is 12.7 Å². The lowest BCUT2D eigenvalue weighted by molar-refractivity contribution is -0.127. The van der Waals surface area contributed by atoms with Crippen LogP contribution in [0.15, 0.2) is 47.3 Å². The van der Waals surface area contributed by atoms with E-state index in [2.05, 4.69) is 10.3 Å². The summed E-state index contributed by atoms with van der Waals surface area (Å²) < 4.78 is 0. The molecular formula is C12H11N3O. The lowest BCUT2D eigenvalue weighted by Crippen LogP contribution is -2.28. The highest BCUT2D eigenvalue weighted by molar-refractivity contribution is 5.90. The van der Waals surface area contributed by atoms with Crippen molar-refractivity contribution in [3.63, 3.8) is 0 Å². The van der Waals surface area contributed by atoms with Gasteiger partial charge in [-0.05, 0) is 5.56 Å². The molecule has 1 fully saturated rings. The van der Waals surface area contributed by atoms with Crippen LogP contribution in [0.1, 0.15) is 11.6 Å². The maximum Gasteiger partial charge on any atom is 0.255 e. The molecule has 0 bridgehead atoms. The zero-order valence-corrected chi connectivity index (χ0v) is 8.63. The highest BCUT2D eigenvalue weighted by Crippen LogP contribution is 2.26. The SMILES string of the molecule is O=C1C(c2ccccc2)NC2=CN=CCN12. The predicted octanol–water partition coefficient (Wildman–Crippen LogP) is 1.04. The summed E-state index contributed by atoms with van der Waals surface area (Å²) in [5.74, 6) is 0.880. The summed E-state index contributed by atoms with van der Waals surface area (Å²) in [6, 6.07) is 9.46. The van der Waals surface area contributed by atoms with Crippen molar-refractivity contribution in [2.75, 3.05) is 6.54 Å². The molecule has 0 radical (unpaired) electrons. The number of nitrogens with zero attached hydrogens (tertiary/aromatic N) is 2. The Bertz CT molecular complexity index is 478. The third kappa shape index (κ3) is 1.31. The van der Waals surface area contributed by atoms with E-state index in [1.165, 1.54) is 0 Å². The van der Waals surface area contributed by atoms with E-state index in [0.29, 0.717) is 6.54 Å². The molecule has 1 N–H and O–H groups in total. The van der Waals surface area contributed by atoms with Crippen LogP contribution in [0.25, 0.3) is 0 Å². The molecule has 3 rings (SSSR count). The molecule has 1 atom stereocenters. The van der Waals surface area contributed by atoms with E-state index in [4.69, 9.17) is 0 Å². The number of rotatable bonds is 1. The predicted molar refractivity (Wildman–Crippen MR) is 60.6 cm³/mol. The molecule has 1 unspecified atom stereocenters. The topological polar surface area (TPSA) is 44.7 Å². The molecule has 0 aliphatic carbocycles. The first-order chi connectivity index (χ1) is 7.86. The molecular weight excluding hydrogens is 202 g/mol. The van der Waals surface area contributed by atoms with E-state index in [9.17, 15) is 4.79 Å². The summed E-state index contributed by atoms with van der Waals surface area (Å²) in [4.78, 5) is 17.9. The smallest absolute Gasteiger partial charge is 0.255 e. The molecule has 1 amide bonds. The van der Waals surface area contributed by atoms with Crippen LogP contribution < -0.4 is 5.32 Å². The van der Waals surface area contributed by atoms with Crippen molar-refractivity contribution in [3.8, 4) is 0 Å². The summed E-state index contributed by atoms with van der Waals surface area (Å²) in [7, 11) is 0. The first kappa shape index (κ1) is 9.15. The Balaban J connectivity index is 1.93. The van der Waals surface area contributed by atoms with E-state index in [1.54, 1.807) is 17.3 Å². The molecule has 16 heavy (non-hydrogen) atoms. The van der Waals surface area contributed by atoms with Crippen molar-refractivity contribution in [1.29, 1.82) is 0 Å². The van der Waals surface area contributed by atoms with Crippen LogP contribution in [-0.4, -0.2) is 23.6 Å². The highest BCUT2D eigenvalue weighted by Gasteiger charge is 2.36. The molecule has 80 valence electrons. The maximum atomic E-state index is 12.1. The minimum Gasteiger partial charge on any atom is -0.355 e. The molecule has 1 aromatic rings. The summed E-state index contributed by atoms with van der Waals surface area (Å²) >= 11 is 0.